The molecular formula is C10H17NO. The highest BCUT2D eigenvalue weighted by Crippen LogP contribution is 2.33. The lowest BCUT2D eigenvalue weighted by Crippen LogP contribution is -2.24. The van der Waals surface area contributed by atoms with Gasteiger partial charge in [-0.2, -0.15) is 0 Å². The molecule has 0 radical (unpaired) electrons. The molecule has 0 aromatic rings. The number of carbonyl (C=O) groups excluding carboxylic acids is 1. The van der Waals surface area contributed by atoms with Crippen LogP contribution in [0.1, 0.15) is 27.2 Å². The molecule has 12 heavy (non-hydrogen) atoms. The lowest BCUT2D eigenvalue weighted by molar-refractivity contribution is -0.112. The highest BCUT2D eigenvalue weighted by Gasteiger charge is 2.54. The maximum absolute atomic E-state index is 11.1. The summed E-state index contributed by atoms with van der Waals surface area (Å²) in [5, 5.41) is 2.84. The Morgan fingerprint density at radius 2 is 2.08 bits per heavy atom. The minimum absolute atomic E-state index is 0.130. The van der Waals surface area contributed by atoms with E-state index in [0.29, 0.717) is 11.8 Å². The van der Waals surface area contributed by atoms with Crippen molar-refractivity contribution in [2.75, 3.05) is 0 Å². The number of rotatable bonds is 4. The lowest BCUT2D eigenvalue weighted by atomic mass is 9.86. The van der Waals surface area contributed by atoms with Crippen LogP contribution < -0.4 is 5.32 Å². The largest absolute Gasteiger partial charge is 0.336 e. The summed E-state index contributed by atoms with van der Waals surface area (Å²) < 4.78 is 0. The normalized spacial score (nSPS) is 29.8. The summed E-state index contributed by atoms with van der Waals surface area (Å²) in [6.07, 6.45) is 2.80. The number of carbonyl (C=O) groups is 1. The minimum atomic E-state index is -0.385. The van der Waals surface area contributed by atoms with Crippen LogP contribution in [0.2, 0.25) is 0 Å². The van der Waals surface area contributed by atoms with E-state index in [0.717, 1.165) is 6.42 Å². The van der Waals surface area contributed by atoms with Gasteiger partial charge in [0.05, 0.1) is 0 Å². The SMILES string of the molecule is C=CC1(C(C)CC(C)C)NC1=O. The van der Waals surface area contributed by atoms with Crippen LogP contribution in [0.5, 0.6) is 0 Å². The van der Waals surface area contributed by atoms with Crippen molar-refractivity contribution in [1.29, 1.82) is 0 Å². The molecule has 2 nitrogen and oxygen atoms in total. The molecule has 1 aliphatic heterocycles. The fraction of sp³-hybridized carbons (Fsp3) is 0.700. The van der Waals surface area contributed by atoms with E-state index in [1.54, 1.807) is 6.08 Å². The Labute approximate surface area is 74.0 Å². The first kappa shape index (κ1) is 9.30. The predicted octanol–water partition coefficient (Wildman–Crippen LogP) is 1.72. The molecule has 2 atom stereocenters. The summed E-state index contributed by atoms with van der Waals surface area (Å²) in [6, 6.07) is 0. The Kier molecular flexibility index (Phi) is 2.27. The Morgan fingerprint density at radius 1 is 1.58 bits per heavy atom. The van der Waals surface area contributed by atoms with Crippen molar-refractivity contribution in [3.05, 3.63) is 12.7 Å². The zero-order chi connectivity index (χ0) is 9.35. The second-order valence-corrected chi connectivity index (χ2v) is 4.06. The summed E-state index contributed by atoms with van der Waals surface area (Å²) >= 11 is 0. The van der Waals surface area contributed by atoms with Crippen LogP contribution in [-0.2, 0) is 4.79 Å². The van der Waals surface area contributed by atoms with Gasteiger partial charge >= 0.3 is 0 Å². The quantitative estimate of drug-likeness (QED) is 0.502. The van der Waals surface area contributed by atoms with Crippen LogP contribution in [0.4, 0.5) is 0 Å². The van der Waals surface area contributed by atoms with Crippen LogP contribution in [0, 0.1) is 11.8 Å². The van der Waals surface area contributed by atoms with Gasteiger partial charge in [-0.3, -0.25) is 4.79 Å². The summed E-state index contributed by atoms with van der Waals surface area (Å²) in [4.78, 5) is 11.1. The molecule has 68 valence electrons. The van der Waals surface area contributed by atoms with Gasteiger partial charge in [-0.15, -0.1) is 6.58 Å². The summed E-state index contributed by atoms with van der Waals surface area (Å²) in [5.41, 5.74) is -0.385. The number of nitrogens with one attached hydrogen (secondary N) is 1. The van der Waals surface area contributed by atoms with Gasteiger partial charge in [0.25, 0.3) is 5.91 Å². The van der Waals surface area contributed by atoms with Gasteiger partial charge in [0.2, 0.25) is 0 Å². The molecule has 0 saturated carbocycles. The first-order valence-corrected chi connectivity index (χ1v) is 4.49. The standard InChI is InChI=1S/C10H17NO/c1-5-10(9(12)11-10)8(4)6-7(2)3/h5,7-8H,1,6H2,2-4H3,(H,11,12). The maximum atomic E-state index is 11.1. The van der Waals surface area contributed by atoms with Crippen molar-refractivity contribution >= 4 is 5.91 Å². The molecule has 1 fully saturated rings. The van der Waals surface area contributed by atoms with Crippen molar-refractivity contribution in [1.82, 2.24) is 5.32 Å². The molecule has 0 aromatic heterocycles. The maximum Gasteiger partial charge on any atom is 0.251 e. The van der Waals surface area contributed by atoms with Crippen LogP contribution in [-0.4, -0.2) is 11.4 Å². The molecule has 1 aliphatic rings. The Hall–Kier alpha value is -0.790. The lowest BCUT2D eigenvalue weighted by Gasteiger charge is -2.17. The predicted molar refractivity (Wildman–Crippen MR) is 49.7 cm³/mol. The summed E-state index contributed by atoms with van der Waals surface area (Å²) in [5.74, 6) is 1.13. The Balaban J connectivity index is 2.57. The second-order valence-electron chi connectivity index (χ2n) is 4.06. The van der Waals surface area contributed by atoms with Gasteiger partial charge in [0.1, 0.15) is 5.54 Å². The molecular weight excluding hydrogens is 150 g/mol. The fourth-order valence-electron chi connectivity index (χ4n) is 1.74. The average molecular weight is 167 g/mol. The number of hydrogen-bond acceptors (Lipinski definition) is 1. The third-order valence-electron chi connectivity index (χ3n) is 2.56. The monoisotopic (exact) mass is 167 g/mol. The molecule has 1 N–H and O–H groups in total. The number of amides is 1. The van der Waals surface area contributed by atoms with E-state index in [1.165, 1.54) is 0 Å². The fourth-order valence-corrected chi connectivity index (χ4v) is 1.74. The van der Waals surface area contributed by atoms with Crippen molar-refractivity contribution in [2.24, 2.45) is 11.8 Å². The molecule has 0 bridgehead atoms. The summed E-state index contributed by atoms with van der Waals surface area (Å²) in [6.45, 7) is 10.1. The zero-order valence-corrected chi connectivity index (χ0v) is 8.05. The van der Waals surface area contributed by atoms with Gasteiger partial charge in [-0.05, 0) is 18.3 Å². The molecule has 1 saturated heterocycles. The molecule has 2 unspecified atom stereocenters. The van der Waals surface area contributed by atoms with Gasteiger partial charge in [-0.1, -0.05) is 26.8 Å². The zero-order valence-electron chi connectivity index (χ0n) is 8.05. The number of hydrogen-bond donors (Lipinski definition) is 1. The molecule has 0 aromatic carbocycles. The van der Waals surface area contributed by atoms with Gasteiger partial charge < -0.3 is 5.32 Å². The van der Waals surface area contributed by atoms with Crippen molar-refractivity contribution < 1.29 is 4.79 Å². The van der Waals surface area contributed by atoms with Gasteiger partial charge in [0, 0.05) is 0 Å². The van der Waals surface area contributed by atoms with Crippen LogP contribution in [0.15, 0.2) is 12.7 Å². The molecule has 1 rings (SSSR count). The van der Waals surface area contributed by atoms with Gasteiger partial charge in [0.15, 0.2) is 0 Å². The topological polar surface area (TPSA) is 39.0 Å². The van der Waals surface area contributed by atoms with E-state index < -0.39 is 0 Å². The van der Waals surface area contributed by atoms with E-state index in [1.807, 2.05) is 0 Å². The minimum Gasteiger partial charge on any atom is -0.336 e. The van der Waals surface area contributed by atoms with Crippen molar-refractivity contribution in [2.45, 2.75) is 32.7 Å². The van der Waals surface area contributed by atoms with Crippen LogP contribution in [0.3, 0.4) is 0 Å². The van der Waals surface area contributed by atoms with Crippen LogP contribution >= 0.6 is 0 Å². The van der Waals surface area contributed by atoms with E-state index in [9.17, 15) is 4.79 Å². The second kappa shape index (κ2) is 2.92. The molecule has 0 aliphatic carbocycles. The Morgan fingerprint density at radius 3 is 2.33 bits per heavy atom. The first-order valence-electron chi connectivity index (χ1n) is 4.49. The molecule has 2 heteroatoms. The van der Waals surface area contributed by atoms with Crippen molar-refractivity contribution in [3.8, 4) is 0 Å². The van der Waals surface area contributed by atoms with Gasteiger partial charge in [-0.25, -0.2) is 0 Å². The molecule has 0 spiro atoms. The van der Waals surface area contributed by atoms with Crippen LogP contribution in [0.25, 0.3) is 0 Å². The Bertz CT molecular complexity index is 210. The third-order valence-corrected chi connectivity index (χ3v) is 2.56. The highest BCUT2D eigenvalue weighted by atomic mass is 16.2. The van der Waals surface area contributed by atoms with E-state index in [-0.39, 0.29) is 11.4 Å². The smallest absolute Gasteiger partial charge is 0.251 e. The average Bonchev–Trinajstić information content (AvgIpc) is 2.61. The van der Waals surface area contributed by atoms with E-state index in [2.05, 4.69) is 32.7 Å². The molecule has 1 heterocycles. The first-order chi connectivity index (χ1) is 5.53. The summed E-state index contributed by atoms with van der Waals surface area (Å²) in [7, 11) is 0. The molecule has 1 amide bonds. The van der Waals surface area contributed by atoms with E-state index in [4.69, 9.17) is 0 Å². The van der Waals surface area contributed by atoms with Crippen molar-refractivity contribution in [3.63, 3.8) is 0 Å². The third kappa shape index (κ3) is 1.38. The van der Waals surface area contributed by atoms with E-state index >= 15 is 0 Å². The highest BCUT2D eigenvalue weighted by molar-refractivity contribution is 6.04.